The quantitative estimate of drug-likeness (QED) is 0.617. The standard InChI is InChI=1S/C15H17N3O5/c1-3-22-14(20)12(15(21)23-4-2)17-13(19)10-9-16-11-7-5-6-8-18(10)11/h5-9,12H,3-4H2,1-2H3,(H,17,19). The maximum Gasteiger partial charge on any atom is 0.340 e. The van der Waals surface area contributed by atoms with Crippen LogP contribution in [0.2, 0.25) is 0 Å². The third-order valence-corrected chi connectivity index (χ3v) is 2.97. The van der Waals surface area contributed by atoms with Crippen LogP contribution in [0.5, 0.6) is 0 Å². The second-order valence-electron chi connectivity index (χ2n) is 4.48. The van der Waals surface area contributed by atoms with E-state index in [0.717, 1.165) is 0 Å². The summed E-state index contributed by atoms with van der Waals surface area (Å²) in [6, 6.07) is 3.73. The number of esters is 2. The van der Waals surface area contributed by atoms with Crippen LogP contribution >= 0.6 is 0 Å². The monoisotopic (exact) mass is 319 g/mol. The predicted octanol–water partition coefficient (Wildman–Crippen LogP) is 0.559. The van der Waals surface area contributed by atoms with Crippen molar-refractivity contribution in [1.82, 2.24) is 14.7 Å². The summed E-state index contributed by atoms with van der Waals surface area (Å²) >= 11 is 0. The number of rotatable bonds is 6. The predicted molar refractivity (Wildman–Crippen MR) is 79.7 cm³/mol. The number of fused-ring (bicyclic) bond motifs is 1. The van der Waals surface area contributed by atoms with Crippen molar-refractivity contribution in [3.63, 3.8) is 0 Å². The molecule has 0 radical (unpaired) electrons. The fraction of sp³-hybridized carbons (Fsp3) is 0.333. The number of nitrogens with zero attached hydrogens (tertiary/aromatic N) is 2. The number of imidazole rings is 1. The first kappa shape index (κ1) is 16.5. The van der Waals surface area contributed by atoms with Crippen LogP contribution in [-0.4, -0.2) is 46.5 Å². The van der Waals surface area contributed by atoms with Gasteiger partial charge in [0, 0.05) is 6.20 Å². The lowest BCUT2D eigenvalue weighted by Gasteiger charge is -2.15. The molecule has 2 aromatic rings. The van der Waals surface area contributed by atoms with Crippen LogP contribution in [-0.2, 0) is 19.1 Å². The molecule has 0 saturated carbocycles. The molecule has 0 unspecified atom stereocenters. The van der Waals surface area contributed by atoms with E-state index in [-0.39, 0.29) is 18.9 Å². The summed E-state index contributed by atoms with van der Waals surface area (Å²) in [5.41, 5.74) is 0.765. The van der Waals surface area contributed by atoms with E-state index in [0.29, 0.717) is 5.65 Å². The first-order valence-corrected chi connectivity index (χ1v) is 7.14. The third-order valence-electron chi connectivity index (χ3n) is 2.97. The average molecular weight is 319 g/mol. The molecular formula is C15H17N3O5. The second-order valence-corrected chi connectivity index (χ2v) is 4.48. The molecular weight excluding hydrogens is 302 g/mol. The molecule has 0 aliphatic carbocycles. The molecule has 0 saturated heterocycles. The van der Waals surface area contributed by atoms with E-state index in [1.54, 1.807) is 42.6 Å². The first-order chi connectivity index (χ1) is 11.1. The molecule has 2 heterocycles. The van der Waals surface area contributed by atoms with Crippen molar-refractivity contribution in [2.75, 3.05) is 13.2 Å². The van der Waals surface area contributed by atoms with Crippen LogP contribution in [0.4, 0.5) is 0 Å². The number of hydrogen-bond acceptors (Lipinski definition) is 6. The fourth-order valence-electron chi connectivity index (χ4n) is 1.97. The number of nitrogens with one attached hydrogen (secondary N) is 1. The zero-order valence-corrected chi connectivity index (χ0v) is 12.8. The molecule has 0 fully saturated rings. The van der Waals surface area contributed by atoms with Crippen molar-refractivity contribution >= 4 is 23.5 Å². The number of amides is 1. The van der Waals surface area contributed by atoms with Crippen molar-refractivity contribution in [1.29, 1.82) is 0 Å². The van der Waals surface area contributed by atoms with Crippen LogP contribution < -0.4 is 5.32 Å². The van der Waals surface area contributed by atoms with Gasteiger partial charge in [-0.25, -0.2) is 14.6 Å². The van der Waals surface area contributed by atoms with Crippen molar-refractivity contribution in [3.05, 3.63) is 36.3 Å². The van der Waals surface area contributed by atoms with E-state index >= 15 is 0 Å². The molecule has 8 nitrogen and oxygen atoms in total. The van der Waals surface area contributed by atoms with Gasteiger partial charge in [-0.05, 0) is 26.0 Å². The highest BCUT2D eigenvalue weighted by atomic mass is 16.6. The highest BCUT2D eigenvalue weighted by molar-refractivity contribution is 6.05. The highest BCUT2D eigenvalue weighted by Crippen LogP contribution is 2.07. The number of ether oxygens (including phenoxy) is 2. The summed E-state index contributed by atoms with van der Waals surface area (Å²) in [6.45, 7) is 3.37. The summed E-state index contributed by atoms with van der Waals surface area (Å²) in [5, 5.41) is 2.33. The Kier molecular flexibility index (Phi) is 5.29. The minimum atomic E-state index is -1.52. The van der Waals surface area contributed by atoms with Gasteiger partial charge in [0.15, 0.2) is 0 Å². The topological polar surface area (TPSA) is 99.0 Å². The van der Waals surface area contributed by atoms with Gasteiger partial charge in [0.05, 0.1) is 19.4 Å². The van der Waals surface area contributed by atoms with E-state index in [1.165, 1.54) is 6.20 Å². The molecule has 2 aromatic heterocycles. The van der Waals surface area contributed by atoms with Gasteiger partial charge in [-0.3, -0.25) is 9.20 Å². The van der Waals surface area contributed by atoms with Crippen LogP contribution in [0.15, 0.2) is 30.6 Å². The van der Waals surface area contributed by atoms with Gasteiger partial charge >= 0.3 is 11.9 Å². The van der Waals surface area contributed by atoms with Gasteiger partial charge in [-0.2, -0.15) is 0 Å². The third kappa shape index (κ3) is 3.65. The lowest BCUT2D eigenvalue weighted by Crippen LogP contribution is -2.48. The van der Waals surface area contributed by atoms with Gasteiger partial charge < -0.3 is 14.8 Å². The van der Waals surface area contributed by atoms with Crippen molar-refractivity contribution in [3.8, 4) is 0 Å². The number of aromatic nitrogens is 2. The molecule has 0 bridgehead atoms. The molecule has 0 atom stereocenters. The second kappa shape index (κ2) is 7.39. The Morgan fingerprint density at radius 2 is 1.83 bits per heavy atom. The fourth-order valence-corrected chi connectivity index (χ4v) is 1.97. The van der Waals surface area contributed by atoms with Crippen molar-refractivity contribution in [2.45, 2.75) is 19.9 Å². The van der Waals surface area contributed by atoms with Gasteiger partial charge in [-0.15, -0.1) is 0 Å². The summed E-state index contributed by atoms with van der Waals surface area (Å²) in [6.07, 6.45) is 3.01. The van der Waals surface area contributed by atoms with Crippen LogP contribution in [0, 0.1) is 0 Å². The van der Waals surface area contributed by atoms with E-state index in [9.17, 15) is 14.4 Å². The molecule has 122 valence electrons. The lowest BCUT2D eigenvalue weighted by molar-refractivity contribution is -0.157. The molecule has 0 aliphatic heterocycles. The Labute approximate surface area is 132 Å². The Morgan fingerprint density at radius 1 is 1.17 bits per heavy atom. The van der Waals surface area contributed by atoms with Gasteiger partial charge in [-0.1, -0.05) is 6.07 Å². The Bertz CT molecular complexity index is 707. The highest BCUT2D eigenvalue weighted by Gasteiger charge is 2.32. The van der Waals surface area contributed by atoms with E-state index < -0.39 is 23.9 Å². The molecule has 1 amide bonds. The van der Waals surface area contributed by atoms with E-state index in [4.69, 9.17) is 9.47 Å². The number of pyridine rings is 1. The summed E-state index contributed by atoms with van der Waals surface area (Å²) < 4.78 is 11.1. The largest absolute Gasteiger partial charge is 0.464 e. The SMILES string of the molecule is CCOC(=O)C(NC(=O)c1cnc2ccccn12)C(=O)OCC. The normalized spacial score (nSPS) is 10.6. The Balaban J connectivity index is 2.22. The lowest BCUT2D eigenvalue weighted by atomic mass is 10.2. The van der Waals surface area contributed by atoms with E-state index in [2.05, 4.69) is 10.3 Å². The maximum absolute atomic E-state index is 12.4. The number of hydrogen-bond donors (Lipinski definition) is 1. The van der Waals surface area contributed by atoms with Gasteiger partial charge in [0.1, 0.15) is 11.3 Å². The minimum Gasteiger partial charge on any atom is -0.464 e. The molecule has 8 heteroatoms. The molecule has 0 spiro atoms. The van der Waals surface area contributed by atoms with Crippen LogP contribution in [0.25, 0.3) is 5.65 Å². The van der Waals surface area contributed by atoms with Gasteiger partial charge in [0.2, 0.25) is 6.04 Å². The zero-order chi connectivity index (χ0) is 16.8. The minimum absolute atomic E-state index is 0.0836. The summed E-state index contributed by atoms with van der Waals surface area (Å²) in [4.78, 5) is 40.2. The summed E-state index contributed by atoms with van der Waals surface area (Å²) in [7, 11) is 0. The Hall–Kier alpha value is -2.90. The average Bonchev–Trinajstić information content (AvgIpc) is 2.96. The molecule has 23 heavy (non-hydrogen) atoms. The maximum atomic E-state index is 12.4. The molecule has 2 rings (SSSR count). The first-order valence-electron chi connectivity index (χ1n) is 7.14. The summed E-state index contributed by atoms with van der Waals surface area (Å²) in [5.74, 6) is -2.36. The van der Waals surface area contributed by atoms with Gasteiger partial charge in [0.25, 0.3) is 5.91 Å². The van der Waals surface area contributed by atoms with Crippen LogP contribution in [0.1, 0.15) is 24.3 Å². The van der Waals surface area contributed by atoms with E-state index in [1.807, 2.05) is 0 Å². The number of carbonyl (C=O) groups excluding carboxylic acids is 3. The smallest absolute Gasteiger partial charge is 0.340 e. The molecule has 1 N–H and O–H groups in total. The van der Waals surface area contributed by atoms with Crippen molar-refractivity contribution < 1.29 is 23.9 Å². The Morgan fingerprint density at radius 3 is 2.43 bits per heavy atom. The van der Waals surface area contributed by atoms with Crippen LogP contribution in [0.3, 0.4) is 0 Å². The zero-order valence-electron chi connectivity index (χ0n) is 12.8. The van der Waals surface area contributed by atoms with Crippen molar-refractivity contribution in [2.24, 2.45) is 0 Å². The number of carbonyl (C=O) groups is 3. The molecule has 0 aromatic carbocycles. The molecule has 0 aliphatic rings.